The molecule has 2 aromatic carbocycles. The normalized spacial score (nSPS) is 16.0. The molecule has 3 aromatic rings. The summed E-state index contributed by atoms with van der Waals surface area (Å²) in [7, 11) is 0. The Morgan fingerprint density at radius 1 is 1.11 bits per heavy atom. The van der Waals surface area contributed by atoms with Crippen LogP contribution in [0, 0.1) is 35.1 Å². The highest BCUT2D eigenvalue weighted by Crippen LogP contribution is 2.36. The van der Waals surface area contributed by atoms with E-state index in [2.05, 4.69) is 15.8 Å². The zero-order chi connectivity index (χ0) is 32.1. The van der Waals surface area contributed by atoms with E-state index >= 15 is 0 Å². The monoisotopic (exact) mass is 618 g/mol. The van der Waals surface area contributed by atoms with Crippen LogP contribution >= 0.6 is 0 Å². The fourth-order valence-electron chi connectivity index (χ4n) is 5.04. The number of Topliss-reactive ketones (excluding diaryl/α,β-unsaturated/α-hetero) is 1. The summed E-state index contributed by atoms with van der Waals surface area (Å²) in [5, 5.41) is 9.01. The summed E-state index contributed by atoms with van der Waals surface area (Å²) in [6, 6.07) is 7.07. The number of nitrogens with zero attached hydrogens (tertiary/aromatic N) is 1. The zero-order valence-corrected chi connectivity index (χ0v) is 23.8. The first-order valence-corrected chi connectivity index (χ1v) is 13.8. The van der Waals surface area contributed by atoms with E-state index in [-0.39, 0.29) is 47.8 Å². The lowest BCUT2D eigenvalue weighted by Gasteiger charge is -2.25. The first-order valence-electron chi connectivity index (χ1n) is 13.8. The molecule has 10 nitrogen and oxygen atoms in total. The van der Waals surface area contributed by atoms with E-state index in [1.165, 1.54) is 0 Å². The number of carbonyl (C=O) groups is 4. The standard InChI is InChI=1S/C30H30F4N4O6/c1-14(2)10-17(22-25(28(35)40)38-44-26(22)15-6-4-3-5-7-15)30(42)37-20(11-16-8-9-36-29(16)41)21(39)13-43-27-23(33)18(31)12-19(32)24(27)34/h3-7,12,14,16-17,20H,8-11,13H2,1-2H3,(H2,35,40)(H,36,41)(H,37,42)/t16-,17-,20-/m0/s1. The number of halogens is 4. The molecule has 2 heterocycles. The van der Waals surface area contributed by atoms with E-state index < -0.39 is 71.1 Å². The molecule has 1 aromatic heterocycles. The number of primary amides is 1. The maximum absolute atomic E-state index is 14.2. The third-order valence-corrected chi connectivity index (χ3v) is 7.19. The molecule has 0 radical (unpaired) electrons. The van der Waals surface area contributed by atoms with Crippen molar-refractivity contribution < 1.29 is 46.0 Å². The molecule has 1 saturated heterocycles. The Morgan fingerprint density at radius 3 is 2.34 bits per heavy atom. The van der Waals surface area contributed by atoms with E-state index in [1.54, 1.807) is 30.3 Å². The van der Waals surface area contributed by atoms with E-state index in [0.717, 1.165) is 0 Å². The molecule has 234 valence electrons. The van der Waals surface area contributed by atoms with Crippen molar-refractivity contribution in [3.63, 3.8) is 0 Å². The molecule has 14 heteroatoms. The zero-order valence-electron chi connectivity index (χ0n) is 23.8. The molecule has 0 aliphatic carbocycles. The molecule has 1 aliphatic heterocycles. The van der Waals surface area contributed by atoms with Crippen LogP contribution in [0.2, 0.25) is 0 Å². The summed E-state index contributed by atoms with van der Waals surface area (Å²) >= 11 is 0. The summed E-state index contributed by atoms with van der Waals surface area (Å²) in [4.78, 5) is 51.9. The molecule has 3 atom stereocenters. The number of hydrogen-bond donors (Lipinski definition) is 3. The molecule has 3 amide bonds. The second-order valence-corrected chi connectivity index (χ2v) is 10.8. The van der Waals surface area contributed by atoms with Crippen molar-refractivity contribution in [2.45, 2.75) is 45.1 Å². The average Bonchev–Trinajstić information content (AvgIpc) is 3.61. The SMILES string of the molecule is CC(C)C[C@H](C(=O)N[C@@H](C[C@@H]1CCNC1=O)C(=O)COc1c(F)c(F)cc(F)c1F)c1c(C(N)=O)noc1-c1ccccc1. The predicted molar refractivity (Wildman–Crippen MR) is 147 cm³/mol. The number of hydrogen-bond acceptors (Lipinski definition) is 7. The minimum Gasteiger partial charge on any atom is -0.479 e. The number of rotatable bonds is 13. The van der Waals surface area contributed by atoms with Crippen molar-refractivity contribution in [2.75, 3.05) is 13.2 Å². The first kappa shape index (κ1) is 32.2. The largest absolute Gasteiger partial charge is 0.479 e. The van der Waals surface area contributed by atoms with Gasteiger partial charge in [0.2, 0.25) is 23.4 Å². The summed E-state index contributed by atoms with van der Waals surface area (Å²) in [5.41, 5.74) is 5.87. The Bertz CT molecular complexity index is 1540. The van der Waals surface area contributed by atoms with Crippen molar-refractivity contribution in [1.82, 2.24) is 15.8 Å². The van der Waals surface area contributed by atoms with Crippen LogP contribution in [-0.2, 0) is 14.4 Å². The highest BCUT2D eigenvalue weighted by atomic mass is 19.2. The molecule has 1 aliphatic rings. The Hall–Kier alpha value is -4.75. The van der Waals surface area contributed by atoms with Gasteiger partial charge in [-0.25, -0.2) is 8.78 Å². The van der Waals surface area contributed by atoms with Crippen molar-refractivity contribution in [3.05, 3.63) is 70.9 Å². The highest BCUT2D eigenvalue weighted by molar-refractivity contribution is 5.98. The molecule has 0 bridgehead atoms. The van der Waals surface area contributed by atoms with Gasteiger partial charge in [0.05, 0.1) is 12.0 Å². The Balaban J connectivity index is 1.67. The van der Waals surface area contributed by atoms with Gasteiger partial charge < -0.3 is 25.6 Å². The second kappa shape index (κ2) is 13.7. The first-order chi connectivity index (χ1) is 20.9. The van der Waals surface area contributed by atoms with Crippen molar-refractivity contribution in [2.24, 2.45) is 17.6 Å². The second-order valence-electron chi connectivity index (χ2n) is 10.8. The Kier molecular flexibility index (Phi) is 10.0. The average molecular weight is 619 g/mol. The minimum atomic E-state index is -1.84. The summed E-state index contributed by atoms with van der Waals surface area (Å²) in [6.07, 6.45) is 0.269. The van der Waals surface area contributed by atoms with Gasteiger partial charge in [-0.15, -0.1) is 0 Å². The molecular weight excluding hydrogens is 588 g/mol. The van der Waals surface area contributed by atoms with Gasteiger partial charge in [0, 0.05) is 29.7 Å². The number of ketones is 1. The van der Waals surface area contributed by atoms with Gasteiger partial charge in [0.1, 0.15) is 6.61 Å². The van der Waals surface area contributed by atoms with Crippen molar-refractivity contribution >= 4 is 23.5 Å². The van der Waals surface area contributed by atoms with E-state index in [1.807, 2.05) is 13.8 Å². The Labute approximate surface area is 249 Å². The Morgan fingerprint density at radius 2 is 1.77 bits per heavy atom. The number of carbonyl (C=O) groups excluding carboxylic acids is 4. The van der Waals surface area contributed by atoms with Gasteiger partial charge in [-0.05, 0) is 25.2 Å². The lowest BCUT2D eigenvalue weighted by molar-refractivity contribution is -0.131. The van der Waals surface area contributed by atoms with E-state index in [9.17, 15) is 36.7 Å². The van der Waals surface area contributed by atoms with Crippen LogP contribution in [0.4, 0.5) is 17.6 Å². The van der Waals surface area contributed by atoms with Crippen LogP contribution < -0.4 is 21.1 Å². The van der Waals surface area contributed by atoms with E-state index in [0.29, 0.717) is 18.5 Å². The van der Waals surface area contributed by atoms with Crippen LogP contribution in [0.15, 0.2) is 40.9 Å². The van der Waals surface area contributed by atoms with Gasteiger partial charge >= 0.3 is 0 Å². The summed E-state index contributed by atoms with van der Waals surface area (Å²) in [5.74, 6) is -13.5. The fourth-order valence-corrected chi connectivity index (χ4v) is 5.04. The number of aromatic nitrogens is 1. The maximum atomic E-state index is 14.2. The maximum Gasteiger partial charge on any atom is 0.271 e. The molecule has 0 saturated carbocycles. The smallest absolute Gasteiger partial charge is 0.271 e. The lowest BCUT2D eigenvalue weighted by Crippen LogP contribution is -2.47. The van der Waals surface area contributed by atoms with Crippen LogP contribution in [0.3, 0.4) is 0 Å². The number of nitrogens with one attached hydrogen (secondary N) is 2. The molecule has 4 N–H and O–H groups in total. The minimum absolute atomic E-state index is 0.00921. The van der Waals surface area contributed by atoms with Crippen molar-refractivity contribution in [3.8, 4) is 17.1 Å². The third-order valence-electron chi connectivity index (χ3n) is 7.19. The van der Waals surface area contributed by atoms with Gasteiger partial charge in [0.25, 0.3) is 5.91 Å². The van der Waals surface area contributed by atoms with Crippen LogP contribution in [0.5, 0.6) is 5.75 Å². The molecule has 0 unspecified atom stereocenters. The van der Waals surface area contributed by atoms with Crippen LogP contribution in [0.1, 0.15) is 55.1 Å². The number of amides is 3. The van der Waals surface area contributed by atoms with Crippen LogP contribution in [-0.4, -0.2) is 47.9 Å². The quantitative estimate of drug-likeness (QED) is 0.195. The summed E-state index contributed by atoms with van der Waals surface area (Å²) in [6.45, 7) is 2.87. The highest BCUT2D eigenvalue weighted by Gasteiger charge is 2.37. The van der Waals surface area contributed by atoms with Gasteiger partial charge in [-0.3, -0.25) is 19.2 Å². The van der Waals surface area contributed by atoms with Crippen LogP contribution in [0.25, 0.3) is 11.3 Å². The number of benzene rings is 2. The lowest BCUT2D eigenvalue weighted by atomic mass is 9.86. The fraction of sp³-hybridized carbons (Fsp3) is 0.367. The topological polar surface area (TPSA) is 154 Å². The molecule has 4 rings (SSSR count). The van der Waals surface area contributed by atoms with Crippen molar-refractivity contribution in [1.29, 1.82) is 0 Å². The van der Waals surface area contributed by atoms with E-state index in [4.69, 9.17) is 15.0 Å². The molecular formula is C30H30F4N4O6. The number of ether oxygens (including phenoxy) is 1. The molecule has 44 heavy (non-hydrogen) atoms. The number of nitrogens with two attached hydrogens (primary N) is 1. The third kappa shape index (κ3) is 7.06. The van der Waals surface area contributed by atoms with Gasteiger partial charge in [-0.2, -0.15) is 8.78 Å². The summed E-state index contributed by atoms with van der Waals surface area (Å²) < 4.78 is 66.0. The molecule has 1 fully saturated rings. The van der Waals surface area contributed by atoms with Gasteiger partial charge in [0.15, 0.2) is 34.6 Å². The molecule has 0 spiro atoms. The van der Waals surface area contributed by atoms with Gasteiger partial charge in [-0.1, -0.05) is 49.3 Å². The predicted octanol–water partition coefficient (Wildman–Crippen LogP) is 3.79.